The number of rotatable bonds is 3. The van der Waals surface area contributed by atoms with Crippen molar-refractivity contribution in [3.05, 3.63) is 0 Å². The number of nitrogens with one attached hydrogen (secondary N) is 1. The van der Waals surface area contributed by atoms with Gasteiger partial charge in [-0.25, -0.2) is 0 Å². The smallest absolute Gasteiger partial charge is 0.193 e. The molecule has 4 heteroatoms. The molecule has 2 aliphatic rings. The molecule has 0 saturated carbocycles. The SMILES string of the molecule is CCCN=C(NCC)N1CCC2(CCOC2)C1. The van der Waals surface area contributed by atoms with Gasteiger partial charge in [-0.15, -0.1) is 0 Å². The first-order chi connectivity index (χ1) is 8.29. The largest absolute Gasteiger partial charge is 0.381 e. The lowest BCUT2D eigenvalue weighted by Crippen LogP contribution is -2.41. The number of likely N-dealkylation sites (tertiary alicyclic amines) is 1. The summed E-state index contributed by atoms with van der Waals surface area (Å²) < 4.78 is 5.56. The van der Waals surface area contributed by atoms with Gasteiger partial charge < -0.3 is 15.0 Å². The van der Waals surface area contributed by atoms with Gasteiger partial charge in [0, 0.05) is 38.2 Å². The van der Waals surface area contributed by atoms with E-state index in [4.69, 9.17) is 4.74 Å². The minimum atomic E-state index is 0.419. The Kier molecular flexibility index (Phi) is 4.26. The van der Waals surface area contributed by atoms with Crippen molar-refractivity contribution in [3.63, 3.8) is 0 Å². The van der Waals surface area contributed by atoms with Gasteiger partial charge in [0.05, 0.1) is 6.61 Å². The molecule has 1 atom stereocenters. The van der Waals surface area contributed by atoms with Gasteiger partial charge in [0.25, 0.3) is 0 Å². The van der Waals surface area contributed by atoms with Crippen molar-refractivity contribution < 1.29 is 4.74 Å². The van der Waals surface area contributed by atoms with E-state index in [2.05, 4.69) is 29.1 Å². The third kappa shape index (κ3) is 2.92. The fraction of sp³-hybridized carbons (Fsp3) is 0.923. The van der Waals surface area contributed by atoms with E-state index in [9.17, 15) is 0 Å². The zero-order valence-corrected chi connectivity index (χ0v) is 11.2. The first kappa shape index (κ1) is 12.7. The fourth-order valence-corrected chi connectivity index (χ4v) is 2.73. The monoisotopic (exact) mass is 239 g/mol. The van der Waals surface area contributed by atoms with Crippen LogP contribution in [0.2, 0.25) is 0 Å². The Morgan fingerprint density at radius 2 is 2.29 bits per heavy atom. The normalized spacial score (nSPS) is 29.3. The Hall–Kier alpha value is -0.770. The molecule has 17 heavy (non-hydrogen) atoms. The predicted octanol–water partition coefficient (Wildman–Crippen LogP) is 1.47. The van der Waals surface area contributed by atoms with E-state index < -0.39 is 0 Å². The van der Waals surface area contributed by atoms with Gasteiger partial charge in [-0.3, -0.25) is 4.99 Å². The van der Waals surface area contributed by atoms with Crippen molar-refractivity contribution in [1.29, 1.82) is 0 Å². The molecule has 1 N–H and O–H groups in total. The Labute approximate surface area is 104 Å². The lowest BCUT2D eigenvalue weighted by Gasteiger charge is -2.24. The molecule has 0 amide bonds. The number of ether oxygens (including phenoxy) is 1. The molecule has 2 rings (SSSR count). The molecule has 2 heterocycles. The lowest BCUT2D eigenvalue weighted by molar-refractivity contribution is 0.156. The molecule has 98 valence electrons. The highest BCUT2D eigenvalue weighted by molar-refractivity contribution is 5.80. The summed E-state index contributed by atoms with van der Waals surface area (Å²) in [4.78, 5) is 7.07. The zero-order chi connectivity index (χ0) is 12.1. The van der Waals surface area contributed by atoms with Crippen molar-refractivity contribution in [3.8, 4) is 0 Å². The van der Waals surface area contributed by atoms with Gasteiger partial charge in [0.1, 0.15) is 0 Å². The molecule has 2 saturated heterocycles. The van der Waals surface area contributed by atoms with Crippen LogP contribution < -0.4 is 5.32 Å². The van der Waals surface area contributed by atoms with Crippen LogP contribution in [0.25, 0.3) is 0 Å². The van der Waals surface area contributed by atoms with Crippen LogP contribution in [0.5, 0.6) is 0 Å². The lowest BCUT2D eigenvalue weighted by atomic mass is 9.87. The number of guanidine groups is 1. The van der Waals surface area contributed by atoms with Crippen molar-refractivity contribution >= 4 is 5.96 Å². The molecular weight excluding hydrogens is 214 g/mol. The van der Waals surface area contributed by atoms with E-state index in [1.807, 2.05) is 0 Å². The average molecular weight is 239 g/mol. The van der Waals surface area contributed by atoms with Crippen LogP contribution in [0, 0.1) is 5.41 Å². The summed E-state index contributed by atoms with van der Waals surface area (Å²) in [7, 11) is 0. The molecule has 0 aromatic rings. The molecule has 0 bridgehead atoms. The summed E-state index contributed by atoms with van der Waals surface area (Å²) in [5.41, 5.74) is 0.419. The van der Waals surface area contributed by atoms with Gasteiger partial charge in [-0.05, 0) is 26.2 Å². The van der Waals surface area contributed by atoms with Gasteiger partial charge in [-0.1, -0.05) is 6.92 Å². The molecule has 4 nitrogen and oxygen atoms in total. The summed E-state index contributed by atoms with van der Waals surface area (Å²) in [5.74, 6) is 1.10. The Balaban J connectivity index is 1.96. The van der Waals surface area contributed by atoms with E-state index in [0.717, 1.165) is 51.8 Å². The van der Waals surface area contributed by atoms with E-state index in [1.54, 1.807) is 0 Å². The number of hydrogen-bond acceptors (Lipinski definition) is 2. The Morgan fingerprint density at radius 1 is 1.41 bits per heavy atom. The van der Waals surface area contributed by atoms with Gasteiger partial charge in [-0.2, -0.15) is 0 Å². The van der Waals surface area contributed by atoms with Crippen molar-refractivity contribution in [2.24, 2.45) is 10.4 Å². The van der Waals surface area contributed by atoms with E-state index in [1.165, 1.54) is 12.8 Å². The van der Waals surface area contributed by atoms with Crippen LogP contribution >= 0.6 is 0 Å². The molecule has 0 aromatic heterocycles. The number of aliphatic imine (C=N–C) groups is 1. The molecule has 2 aliphatic heterocycles. The quantitative estimate of drug-likeness (QED) is 0.598. The maximum atomic E-state index is 5.56. The van der Waals surface area contributed by atoms with Crippen LogP contribution in [0.15, 0.2) is 4.99 Å². The Bertz CT molecular complexity index is 272. The molecular formula is C13H25N3O. The predicted molar refractivity (Wildman–Crippen MR) is 70.3 cm³/mol. The highest BCUT2D eigenvalue weighted by atomic mass is 16.5. The van der Waals surface area contributed by atoms with Crippen molar-refractivity contribution in [2.45, 2.75) is 33.1 Å². The van der Waals surface area contributed by atoms with E-state index in [-0.39, 0.29) is 0 Å². The maximum absolute atomic E-state index is 5.56. The second-order valence-corrected chi connectivity index (χ2v) is 5.21. The van der Waals surface area contributed by atoms with E-state index >= 15 is 0 Å². The second kappa shape index (κ2) is 5.71. The number of hydrogen-bond donors (Lipinski definition) is 1. The molecule has 1 unspecified atom stereocenters. The first-order valence-electron chi connectivity index (χ1n) is 6.91. The summed E-state index contributed by atoms with van der Waals surface area (Å²) in [6.45, 7) is 10.3. The molecule has 0 radical (unpaired) electrons. The summed E-state index contributed by atoms with van der Waals surface area (Å²) in [6, 6.07) is 0. The highest BCUT2D eigenvalue weighted by Gasteiger charge is 2.42. The second-order valence-electron chi connectivity index (χ2n) is 5.21. The topological polar surface area (TPSA) is 36.9 Å². The summed E-state index contributed by atoms with van der Waals surface area (Å²) in [6.07, 6.45) is 3.58. The van der Waals surface area contributed by atoms with Gasteiger partial charge in [0.2, 0.25) is 0 Å². The molecule has 2 fully saturated rings. The Morgan fingerprint density at radius 3 is 2.94 bits per heavy atom. The van der Waals surface area contributed by atoms with E-state index in [0.29, 0.717) is 5.41 Å². The number of nitrogens with zero attached hydrogens (tertiary/aromatic N) is 2. The van der Waals surface area contributed by atoms with Crippen LogP contribution in [0.3, 0.4) is 0 Å². The first-order valence-corrected chi connectivity index (χ1v) is 6.91. The zero-order valence-electron chi connectivity index (χ0n) is 11.2. The average Bonchev–Trinajstić information content (AvgIpc) is 2.96. The highest BCUT2D eigenvalue weighted by Crippen LogP contribution is 2.38. The molecule has 0 aliphatic carbocycles. The summed E-state index contributed by atoms with van der Waals surface area (Å²) in [5, 5.41) is 3.40. The van der Waals surface area contributed by atoms with Crippen LogP contribution in [0.4, 0.5) is 0 Å². The standard InChI is InChI=1S/C13H25N3O/c1-3-7-15-12(14-4-2)16-8-5-13(10-16)6-9-17-11-13/h3-11H2,1-2H3,(H,14,15). The van der Waals surface area contributed by atoms with Gasteiger partial charge in [0.15, 0.2) is 5.96 Å². The minimum absolute atomic E-state index is 0.419. The van der Waals surface area contributed by atoms with Crippen LogP contribution in [-0.4, -0.2) is 50.3 Å². The van der Waals surface area contributed by atoms with Crippen LogP contribution in [-0.2, 0) is 4.74 Å². The van der Waals surface area contributed by atoms with Crippen LogP contribution in [0.1, 0.15) is 33.1 Å². The summed E-state index contributed by atoms with van der Waals surface area (Å²) >= 11 is 0. The van der Waals surface area contributed by atoms with Crippen molar-refractivity contribution in [1.82, 2.24) is 10.2 Å². The third-order valence-corrected chi connectivity index (χ3v) is 3.74. The molecule has 1 spiro atoms. The minimum Gasteiger partial charge on any atom is -0.381 e. The molecule has 0 aromatic carbocycles. The van der Waals surface area contributed by atoms with Crippen molar-refractivity contribution in [2.75, 3.05) is 39.4 Å². The van der Waals surface area contributed by atoms with Gasteiger partial charge >= 0.3 is 0 Å². The maximum Gasteiger partial charge on any atom is 0.193 e. The third-order valence-electron chi connectivity index (χ3n) is 3.74. The fourth-order valence-electron chi connectivity index (χ4n) is 2.73.